The standard InChI is InChI=1S/C27H32N4O5/c1-2-3-13-36-14-7-12-29-17-24(32)30-23(27(29)33)16-21-20-10-4-5-11-22(20)28-25(21)26(30)18-8-6-9-19(15-18)31(34)35/h4-6,8-11,15,23,26,28,31,34H,2-3,7,12-14,16-17H2,1H3. The number of rotatable bonds is 9. The average molecular weight is 493 g/mol. The minimum atomic E-state index is -1.03. The topological polar surface area (TPSA) is 113 Å². The lowest BCUT2D eigenvalue weighted by Crippen LogP contribution is -2.99. The summed E-state index contributed by atoms with van der Waals surface area (Å²) in [6.45, 7) is 3.86. The number of nitrogens with one attached hydrogen (secondary N) is 2. The molecule has 1 saturated heterocycles. The molecule has 0 bridgehead atoms. The molecule has 3 atom stereocenters. The highest BCUT2D eigenvalue weighted by Crippen LogP contribution is 2.42. The third-order valence-electron chi connectivity index (χ3n) is 7.15. The van der Waals surface area contributed by atoms with Crippen LogP contribution in [0.15, 0.2) is 48.5 Å². The Kier molecular flexibility index (Phi) is 7.06. The number of carbonyl (C=O) groups excluding carboxylic acids is 2. The predicted octanol–water partition coefficient (Wildman–Crippen LogP) is 2.46. The van der Waals surface area contributed by atoms with Gasteiger partial charge in [-0.2, -0.15) is 5.23 Å². The molecule has 2 aromatic carbocycles. The average Bonchev–Trinajstić information content (AvgIpc) is 3.26. The molecule has 1 aromatic heterocycles. The van der Waals surface area contributed by atoms with Crippen LogP contribution < -0.4 is 5.23 Å². The number of amides is 2. The largest absolute Gasteiger partial charge is 0.595 e. The van der Waals surface area contributed by atoms with Crippen molar-refractivity contribution >= 4 is 28.4 Å². The molecule has 36 heavy (non-hydrogen) atoms. The summed E-state index contributed by atoms with van der Waals surface area (Å²) >= 11 is 0. The Hall–Kier alpha value is -3.24. The second-order valence-corrected chi connectivity index (χ2v) is 9.50. The molecule has 2 amide bonds. The maximum Gasteiger partial charge on any atom is 0.246 e. The van der Waals surface area contributed by atoms with E-state index in [-0.39, 0.29) is 24.0 Å². The van der Waals surface area contributed by atoms with Crippen LogP contribution in [0.4, 0.5) is 5.69 Å². The van der Waals surface area contributed by atoms with Gasteiger partial charge in [0.1, 0.15) is 6.04 Å². The second kappa shape index (κ2) is 10.4. The van der Waals surface area contributed by atoms with Gasteiger partial charge < -0.3 is 24.7 Å². The minimum Gasteiger partial charge on any atom is -0.595 e. The summed E-state index contributed by atoms with van der Waals surface area (Å²) in [4.78, 5) is 34.0. The van der Waals surface area contributed by atoms with Crippen LogP contribution in [-0.2, 0) is 20.7 Å². The Morgan fingerprint density at radius 2 is 1.94 bits per heavy atom. The van der Waals surface area contributed by atoms with Crippen molar-refractivity contribution in [2.24, 2.45) is 0 Å². The zero-order valence-corrected chi connectivity index (χ0v) is 20.4. The Labute approximate surface area is 209 Å². The number of para-hydroxylation sites is 1. The smallest absolute Gasteiger partial charge is 0.246 e. The van der Waals surface area contributed by atoms with Gasteiger partial charge in [0.15, 0.2) is 5.69 Å². The molecule has 1 fully saturated rings. The fourth-order valence-electron chi connectivity index (χ4n) is 5.41. The van der Waals surface area contributed by atoms with Crippen LogP contribution in [-0.4, -0.2) is 64.2 Å². The molecule has 3 heterocycles. The monoisotopic (exact) mass is 492 g/mol. The molecular formula is C27H32N4O5. The number of piperazine rings is 1. The summed E-state index contributed by atoms with van der Waals surface area (Å²) in [6.07, 6.45) is 3.18. The van der Waals surface area contributed by atoms with Crippen LogP contribution in [0.5, 0.6) is 0 Å². The van der Waals surface area contributed by atoms with E-state index >= 15 is 0 Å². The molecule has 5 rings (SSSR count). The Bertz CT molecular complexity index is 1260. The molecule has 3 unspecified atom stereocenters. The summed E-state index contributed by atoms with van der Waals surface area (Å²) in [5.74, 6) is -0.208. The van der Waals surface area contributed by atoms with Gasteiger partial charge in [-0.25, -0.2) is 5.21 Å². The summed E-state index contributed by atoms with van der Waals surface area (Å²) in [7, 11) is 0. The first kappa shape index (κ1) is 24.5. The normalized spacial score (nSPS) is 20.5. The van der Waals surface area contributed by atoms with E-state index < -0.39 is 17.3 Å². The van der Waals surface area contributed by atoms with E-state index in [0.29, 0.717) is 38.2 Å². The van der Waals surface area contributed by atoms with Gasteiger partial charge >= 0.3 is 0 Å². The number of quaternary nitrogens is 1. The first-order chi connectivity index (χ1) is 17.5. The van der Waals surface area contributed by atoms with Gasteiger partial charge in [-0.05, 0) is 30.0 Å². The quantitative estimate of drug-likeness (QED) is 0.314. The molecule has 190 valence electrons. The van der Waals surface area contributed by atoms with Crippen molar-refractivity contribution in [1.29, 1.82) is 0 Å². The molecule has 3 aromatic rings. The van der Waals surface area contributed by atoms with Crippen LogP contribution in [0, 0.1) is 5.21 Å². The number of ether oxygens (including phenoxy) is 1. The molecular weight excluding hydrogens is 460 g/mol. The van der Waals surface area contributed by atoms with Crippen LogP contribution in [0.25, 0.3) is 10.9 Å². The highest BCUT2D eigenvalue weighted by atomic mass is 16.8. The second-order valence-electron chi connectivity index (χ2n) is 9.50. The van der Waals surface area contributed by atoms with E-state index in [2.05, 4.69) is 11.9 Å². The number of H-pyrrole nitrogens is 1. The Morgan fingerprint density at radius 1 is 1.14 bits per heavy atom. The summed E-state index contributed by atoms with van der Waals surface area (Å²) in [6, 6.07) is 13.3. The van der Waals surface area contributed by atoms with Crippen molar-refractivity contribution in [2.75, 3.05) is 26.3 Å². The third-order valence-corrected chi connectivity index (χ3v) is 7.15. The Balaban J connectivity index is 1.49. The lowest BCUT2D eigenvalue weighted by atomic mass is 9.86. The maximum absolute atomic E-state index is 13.7. The van der Waals surface area contributed by atoms with E-state index in [4.69, 9.17) is 4.74 Å². The number of aromatic amines is 1. The predicted molar refractivity (Wildman–Crippen MR) is 134 cm³/mol. The van der Waals surface area contributed by atoms with E-state index in [1.807, 2.05) is 30.3 Å². The number of unbranched alkanes of at least 4 members (excludes halogenated alkanes) is 1. The number of fused-ring (bicyclic) bond motifs is 4. The van der Waals surface area contributed by atoms with Crippen molar-refractivity contribution < 1.29 is 24.8 Å². The third kappa shape index (κ3) is 4.51. The first-order valence-electron chi connectivity index (χ1n) is 12.6. The summed E-state index contributed by atoms with van der Waals surface area (Å²) in [5, 5.41) is 21.2. The lowest BCUT2D eigenvalue weighted by molar-refractivity contribution is -0.991. The molecule has 2 aliphatic rings. The number of benzene rings is 2. The van der Waals surface area contributed by atoms with E-state index in [1.54, 1.807) is 21.9 Å². The van der Waals surface area contributed by atoms with Crippen molar-refractivity contribution in [3.05, 3.63) is 70.6 Å². The number of hydrogen-bond acceptors (Lipinski definition) is 5. The highest BCUT2D eigenvalue weighted by molar-refractivity contribution is 5.97. The SMILES string of the molecule is CCCCOCCCN1CC(=O)N2C(Cc3c([nH]c4ccccc34)C2c2cccc([NH+]([O-])O)c2)C1=O. The van der Waals surface area contributed by atoms with E-state index in [9.17, 15) is 20.0 Å². The first-order valence-corrected chi connectivity index (χ1v) is 12.6. The van der Waals surface area contributed by atoms with Gasteiger partial charge in [-0.15, -0.1) is 0 Å². The van der Waals surface area contributed by atoms with Gasteiger partial charge in [-0.3, -0.25) is 9.59 Å². The zero-order valence-electron chi connectivity index (χ0n) is 20.4. The fraction of sp³-hybridized carbons (Fsp3) is 0.407. The molecule has 9 heteroatoms. The van der Waals surface area contributed by atoms with Crippen LogP contribution in [0.2, 0.25) is 0 Å². The number of hydrogen-bond donors (Lipinski definition) is 3. The Morgan fingerprint density at radius 3 is 2.75 bits per heavy atom. The summed E-state index contributed by atoms with van der Waals surface area (Å²) in [5.41, 5.74) is 3.60. The molecule has 0 aliphatic carbocycles. The highest BCUT2D eigenvalue weighted by Gasteiger charge is 2.48. The maximum atomic E-state index is 13.7. The van der Waals surface area contributed by atoms with Crippen molar-refractivity contribution in [1.82, 2.24) is 14.8 Å². The minimum absolute atomic E-state index is 0.00891. The van der Waals surface area contributed by atoms with Gasteiger partial charge in [0.2, 0.25) is 11.8 Å². The van der Waals surface area contributed by atoms with Gasteiger partial charge in [0.25, 0.3) is 0 Å². The van der Waals surface area contributed by atoms with Crippen molar-refractivity contribution in [3.63, 3.8) is 0 Å². The molecule has 3 N–H and O–H groups in total. The van der Waals surface area contributed by atoms with Crippen LogP contribution in [0.1, 0.15) is 49.0 Å². The lowest BCUT2D eigenvalue weighted by Gasteiger charge is -2.47. The van der Waals surface area contributed by atoms with Gasteiger partial charge in [0, 0.05) is 54.9 Å². The van der Waals surface area contributed by atoms with Gasteiger partial charge in [0.05, 0.1) is 12.6 Å². The van der Waals surface area contributed by atoms with Crippen molar-refractivity contribution in [3.8, 4) is 0 Å². The molecule has 2 aliphatic heterocycles. The van der Waals surface area contributed by atoms with E-state index in [1.165, 1.54) is 6.07 Å². The number of nitrogens with zero attached hydrogens (tertiary/aromatic N) is 2. The van der Waals surface area contributed by atoms with Crippen molar-refractivity contribution in [2.45, 2.75) is 44.7 Å². The molecule has 0 saturated carbocycles. The zero-order chi connectivity index (χ0) is 25.2. The van der Waals surface area contributed by atoms with E-state index in [0.717, 1.165) is 35.0 Å². The molecule has 9 nitrogen and oxygen atoms in total. The van der Waals surface area contributed by atoms with Crippen LogP contribution >= 0.6 is 0 Å². The summed E-state index contributed by atoms with van der Waals surface area (Å²) < 4.78 is 5.64. The van der Waals surface area contributed by atoms with Gasteiger partial charge in [-0.1, -0.05) is 43.7 Å². The number of carbonyl (C=O) groups is 2. The number of aromatic nitrogens is 1. The molecule has 0 spiro atoms. The molecule has 0 radical (unpaired) electrons. The fourth-order valence-corrected chi connectivity index (χ4v) is 5.41. The van der Waals surface area contributed by atoms with Crippen LogP contribution in [0.3, 0.4) is 0 Å².